The van der Waals surface area contributed by atoms with Gasteiger partial charge in [-0.3, -0.25) is 4.79 Å². The van der Waals surface area contributed by atoms with Crippen LogP contribution in [0.15, 0.2) is 23.0 Å². The lowest BCUT2D eigenvalue weighted by Gasteiger charge is -2.14. The average molecular weight is 322 g/mol. The minimum absolute atomic E-state index is 0.0126. The number of carboxylic acid groups (broad SMARTS) is 2. The molecule has 120 valence electrons. The van der Waals surface area contributed by atoms with Gasteiger partial charge in [0, 0.05) is 11.1 Å². The number of methoxy groups -OCH3 is 1. The lowest BCUT2D eigenvalue weighted by molar-refractivity contribution is 0.0695. The van der Waals surface area contributed by atoms with Crippen LogP contribution in [-0.4, -0.2) is 34.2 Å². The summed E-state index contributed by atoms with van der Waals surface area (Å²) < 4.78 is 18.6. The summed E-state index contributed by atoms with van der Waals surface area (Å²) in [4.78, 5) is 36.7. The standard InChI is InChI=1S/C14H11FN2O6/c1-23-7-3-2-5(15)4-6(7)8-9(13(19)20)11(16)17-12(18)10(8)14(21)22/h2-4H,1H3,(H,19,20)(H,21,22)(H3,16,17,18). The van der Waals surface area contributed by atoms with Crippen LogP contribution in [-0.2, 0) is 0 Å². The number of hydrogen-bond acceptors (Lipinski definition) is 5. The number of nitrogens with one attached hydrogen (secondary N) is 1. The number of ether oxygens (including phenoxy) is 1. The summed E-state index contributed by atoms with van der Waals surface area (Å²) >= 11 is 0. The molecule has 0 bridgehead atoms. The first-order valence-corrected chi connectivity index (χ1v) is 6.14. The van der Waals surface area contributed by atoms with Gasteiger partial charge in [-0.2, -0.15) is 0 Å². The molecule has 0 saturated carbocycles. The normalized spacial score (nSPS) is 10.3. The molecule has 0 aliphatic carbocycles. The molecule has 5 N–H and O–H groups in total. The van der Waals surface area contributed by atoms with Crippen molar-refractivity contribution in [1.29, 1.82) is 0 Å². The molecule has 0 fully saturated rings. The SMILES string of the molecule is COc1ccc(F)cc1-c1c(C(=O)O)c(N)[nH]c(=O)c1C(=O)O. The third-order valence-corrected chi connectivity index (χ3v) is 3.10. The largest absolute Gasteiger partial charge is 0.496 e. The highest BCUT2D eigenvalue weighted by Gasteiger charge is 2.28. The number of benzene rings is 1. The van der Waals surface area contributed by atoms with Crippen LogP contribution >= 0.6 is 0 Å². The maximum atomic E-state index is 13.6. The minimum Gasteiger partial charge on any atom is -0.496 e. The van der Waals surface area contributed by atoms with E-state index in [4.69, 9.17) is 10.5 Å². The van der Waals surface area contributed by atoms with Gasteiger partial charge < -0.3 is 25.7 Å². The minimum atomic E-state index is -1.69. The number of aromatic carboxylic acids is 2. The Labute approximate surface area is 127 Å². The second-order valence-corrected chi connectivity index (χ2v) is 4.45. The van der Waals surface area contributed by atoms with Crippen LogP contribution in [0.25, 0.3) is 11.1 Å². The van der Waals surface area contributed by atoms with Gasteiger partial charge in [-0.15, -0.1) is 0 Å². The van der Waals surface area contributed by atoms with Crippen molar-refractivity contribution >= 4 is 17.8 Å². The fourth-order valence-corrected chi connectivity index (χ4v) is 2.19. The van der Waals surface area contributed by atoms with E-state index in [0.717, 1.165) is 12.1 Å². The maximum absolute atomic E-state index is 13.6. The van der Waals surface area contributed by atoms with Crippen molar-refractivity contribution < 1.29 is 28.9 Å². The Balaban J connectivity index is 3.06. The van der Waals surface area contributed by atoms with Gasteiger partial charge in [-0.25, -0.2) is 14.0 Å². The summed E-state index contributed by atoms with van der Waals surface area (Å²) in [6, 6.07) is 3.09. The molecule has 1 aromatic heterocycles. The zero-order chi connectivity index (χ0) is 17.3. The Morgan fingerprint density at radius 3 is 2.35 bits per heavy atom. The van der Waals surface area contributed by atoms with Crippen molar-refractivity contribution in [2.45, 2.75) is 0 Å². The van der Waals surface area contributed by atoms with E-state index in [1.54, 1.807) is 0 Å². The van der Waals surface area contributed by atoms with Crippen molar-refractivity contribution in [3.05, 3.63) is 45.5 Å². The molecule has 9 heteroatoms. The van der Waals surface area contributed by atoms with Crippen LogP contribution in [0, 0.1) is 5.82 Å². The summed E-state index contributed by atoms with van der Waals surface area (Å²) in [5, 5.41) is 18.6. The molecule has 23 heavy (non-hydrogen) atoms. The molecule has 0 aliphatic rings. The van der Waals surface area contributed by atoms with E-state index in [0.29, 0.717) is 0 Å². The zero-order valence-electron chi connectivity index (χ0n) is 11.7. The van der Waals surface area contributed by atoms with E-state index in [-0.39, 0.29) is 11.3 Å². The topological polar surface area (TPSA) is 143 Å². The fraction of sp³-hybridized carbons (Fsp3) is 0.0714. The quantitative estimate of drug-likeness (QED) is 0.661. The number of carboxylic acids is 2. The highest BCUT2D eigenvalue weighted by molar-refractivity contribution is 6.08. The molecule has 0 unspecified atom stereocenters. The second kappa shape index (κ2) is 5.79. The lowest BCUT2D eigenvalue weighted by atomic mass is 9.94. The number of carbonyl (C=O) groups is 2. The number of aromatic nitrogens is 1. The van der Waals surface area contributed by atoms with E-state index < -0.39 is 45.8 Å². The molecule has 1 heterocycles. The van der Waals surface area contributed by atoms with Crippen LogP contribution in [0.1, 0.15) is 20.7 Å². The molecule has 2 aromatic rings. The average Bonchev–Trinajstić information content (AvgIpc) is 2.45. The van der Waals surface area contributed by atoms with Crippen molar-refractivity contribution in [3.63, 3.8) is 0 Å². The van der Waals surface area contributed by atoms with Crippen LogP contribution in [0.3, 0.4) is 0 Å². The number of rotatable bonds is 4. The van der Waals surface area contributed by atoms with E-state index in [1.165, 1.54) is 13.2 Å². The molecular formula is C14H11FN2O6. The van der Waals surface area contributed by atoms with Crippen LogP contribution in [0.2, 0.25) is 0 Å². The Hall–Kier alpha value is -3.36. The number of nitrogen functional groups attached to an aromatic ring is 1. The lowest BCUT2D eigenvalue weighted by Crippen LogP contribution is -2.24. The number of aromatic amines is 1. The zero-order valence-corrected chi connectivity index (χ0v) is 11.7. The first kappa shape index (κ1) is 16.0. The van der Waals surface area contributed by atoms with Crippen molar-refractivity contribution in [3.8, 4) is 16.9 Å². The summed E-state index contributed by atoms with van der Waals surface area (Å²) in [5.41, 5.74) is 2.12. The number of H-pyrrole nitrogens is 1. The molecule has 0 amide bonds. The van der Waals surface area contributed by atoms with E-state index >= 15 is 0 Å². The van der Waals surface area contributed by atoms with Crippen LogP contribution in [0.5, 0.6) is 5.75 Å². The molecule has 1 aromatic carbocycles. The number of anilines is 1. The van der Waals surface area contributed by atoms with Gasteiger partial charge in [-0.1, -0.05) is 0 Å². The first-order chi connectivity index (χ1) is 10.8. The van der Waals surface area contributed by atoms with E-state index in [2.05, 4.69) is 0 Å². The molecule has 0 radical (unpaired) electrons. The Kier molecular flexibility index (Phi) is 4.04. The highest BCUT2D eigenvalue weighted by Crippen LogP contribution is 2.36. The molecule has 0 atom stereocenters. The summed E-state index contributed by atoms with van der Waals surface area (Å²) in [6.45, 7) is 0. The number of hydrogen-bond donors (Lipinski definition) is 4. The predicted octanol–water partition coefficient (Wildman–Crippen LogP) is 1.17. The van der Waals surface area contributed by atoms with Gasteiger partial charge in [0.2, 0.25) is 0 Å². The summed E-state index contributed by atoms with van der Waals surface area (Å²) in [5.74, 6) is -4.60. The maximum Gasteiger partial charge on any atom is 0.342 e. The second-order valence-electron chi connectivity index (χ2n) is 4.45. The van der Waals surface area contributed by atoms with Gasteiger partial charge in [0.1, 0.15) is 28.5 Å². The molecule has 0 spiro atoms. The number of nitrogens with two attached hydrogens (primary N) is 1. The van der Waals surface area contributed by atoms with Crippen LogP contribution in [0.4, 0.5) is 10.2 Å². The number of pyridine rings is 1. The summed E-state index contributed by atoms with van der Waals surface area (Å²) in [6.07, 6.45) is 0. The Bertz CT molecular complexity index is 874. The highest BCUT2D eigenvalue weighted by atomic mass is 19.1. The number of halogens is 1. The van der Waals surface area contributed by atoms with E-state index in [9.17, 15) is 29.0 Å². The molecule has 0 saturated heterocycles. The smallest absolute Gasteiger partial charge is 0.342 e. The van der Waals surface area contributed by atoms with Crippen LogP contribution < -0.4 is 16.0 Å². The van der Waals surface area contributed by atoms with Gasteiger partial charge in [-0.05, 0) is 18.2 Å². The Morgan fingerprint density at radius 1 is 1.22 bits per heavy atom. The van der Waals surface area contributed by atoms with Gasteiger partial charge in [0.25, 0.3) is 5.56 Å². The van der Waals surface area contributed by atoms with E-state index in [1.807, 2.05) is 4.98 Å². The van der Waals surface area contributed by atoms with Crippen molar-refractivity contribution in [2.75, 3.05) is 12.8 Å². The molecule has 2 rings (SSSR count). The predicted molar refractivity (Wildman–Crippen MR) is 77.3 cm³/mol. The third-order valence-electron chi connectivity index (χ3n) is 3.10. The first-order valence-electron chi connectivity index (χ1n) is 6.14. The molecular weight excluding hydrogens is 311 g/mol. The van der Waals surface area contributed by atoms with Crippen molar-refractivity contribution in [2.24, 2.45) is 0 Å². The van der Waals surface area contributed by atoms with Gasteiger partial charge >= 0.3 is 11.9 Å². The fourth-order valence-electron chi connectivity index (χ4n) is 2.19. The molecule has 0 aliphatic heterocycles. The van der Waals surface area contributed by atoms with Gasteiger partial charge in [0.05, 0.1) is 7.11 Å². The van der Waals surface area contributed by atoms with Crippen molar-refractivity contribution in [1.82, 2.24) is 4.98 Å². The monoisotopic (exact) mass is 322 g/mol. The summed E-state index contributed by atoms with van der Waals surface area (Å²) in [7, 11) is 1.23. The van der Waals surface area contributed by atoms with Gasteiger partial charge in [0.15, 0.2) is 0 Å². The third kappa shape index (κ3) is 2.71. The molecule has 8 nitrogen and oxygen atoms in total. The Morgan fingerprint density at radius 2 is 1.83 bits per heavy atom.